The normalized spacial score (nSPS) is 49.6. The zero-order chi connectivity index (χ0) is 19.6. The van der Waals surface area contributed by atoms with Crippen molar-refractivity contribution in [1.82, 2.24) is 0 Å². The SMILES string of the molecule is CC12CCC3C(C1CCC2CC(O)C(=O)O)C(F)(F)CC1CCCCC13C. The Kier molecular flexibility index (Phi) is 4.64. The van der Waals surface area contributed by atoms with Gasteiger partial charge in [0.1, 0.15) is 0 Å². The summed E-state index contributed by atoms with van der Waals surface area (Å²) >= 11 is 0. The summed E-state index contributed by atoms with van der Waals surface area (Å²) in [5, 5.41) is 19.0. The van der Waals surface area contributed by atoms with E-state index in [4.69, 9.17) is 5.11 Å². The Morgan fingerprint density at radius 2 is 1.74 bits per heavy atom. The van der Waals surface area contributed by atoms with Crippen LogP contribution < -0.4 is 0 Å². The summed E-state index contributed by atoms with van der Waals surface area (Å²) < 4.78 is 30.9. The molecule has 0 aliphatic heterocycles. The van der Waals surface area contributed by atoms with Crippen molar-refractivity contribution in [3.05, 3.63) is 0 Å². The quantitative estimate of drug-likeness (QED) is 0.710. The lowest BCUT2D eigenvalue weighted by molar-refractivity contribution is -0.232. The van der Waals surface area contributed by atoms with Gasteiger partial charge in [0, 0.05) is 12.3 Å². The van der Waals surface area contributed by atoms with E-state index in [0.29, 0.717) is 0 Å². The van der Waals surface area contributed by atoms with Crippen molar-refractivity contribution in [2.45, 2.75) is 90.1 Å². The predicted octanol–water partition coefficient (Wildman–Crippen LogP) is 5.12. The molecule has 27 heavy (non-hydrogen) atoms. The van der Waals surface area contributed by atoms with Gasteiger partial charge in [-0.2, -0.15) is 0 Å². The largest absolute Gasteiger partial charge is 0.479 e. The zero-order valence-corrected chi connectivity index (χ0v) is 16.6. The number of aliphatic hydroxyl groups excluding tert-OH is 1. The minimum absolute atomic E-state index is 0.0298. The number of rotatable bonds is 3. The first-order valence-corrected chi connectivity index (χ1v) is 10.9. The molecule has 8 unspecified atom stereocenters. The number of aliphatic carboxylic acids is 1. The van der Waals surface area contributed by atoms with E-state index >= 15 is 8.78 Å². The van der Waals surface area contributed by atoms with Gasteiger partial charge in [0.2, 0.25) is 0 Å². The average Bonchev–Trinajstić information content (AvgIpc) is 2.91. The lowest BCUT2D eigenvalue weighted by Gasteiger charge is -2.62. The van der Waals surface area contributed by atoms with Gasteiger partial charge in [-0.25, -0.2) is 13.6 Å². The molecule has 0 saturated heterocycles. The number of hydrogen-bond acceptors (Lipinski definition) is 2. The van der Waals surface area contributed by atoms with Crippen molar-refractivity contribution in [3.63, 3.8) is 0 Å². The van der Waals surface area contributed by atoms with E-state index in [1.165, 1.54) is 0 Å². The number of fused-ring (bicyclic) bond motifs is 5. The van der Waals surface area contributed by atoms with Crippen molar-refractivity contribution in [3.8, 4) is 0 Å². The first-order valence-electron chi connectivity index (χ1n) is 10.9. The van der Waals surface area contributed by atoms with Gasteiger partial charge < -0.3 is 10.2 Å². The van der Waals surface area contributed by atoms with Crippen LogP contribution >= 0.6 is 0 Å². The summed E-state index contributed by atoms with van der Waals surface area (Å²) in [6.07, 6.45) is 6.40. The van der Waals surface area contributed by atoms with Gasteiger partial charge in [-0.1, -0.05) is 26.7 Å². The van der Waals surface area contributed by atoms with Gasteiger partial charge in [0.05, 0.1) is 0 Å². The number of aliphatic hydroxyl groups is 1. The Hall–Kier alpha value is -0.710. The highest BCUT2D eigenvalue weighted by molar-refractivity contribution is 5.71. The van der Waals surface area contributed by atoms with Crippen LogP contribution in [0.15, 0.2) is 0 Å². The second-order valence-electron chi connectivity index (χ2n) is 10.6. The molecule has 0 spiro atoms. The van der Waals surface area contributed by atoms with Crippen LogP contribution in [0.4, 0.5) is 8.78 Å². The monoisotopic (exact) mass is 384 g/mol. The second kappa shape index (κ2) is 6.40. The van der Waals surface area contributed by atoms with Crippen LogP contribution in [0.3, 0.4) is 0 Å². The third-order valence-electron chi connectivity index (χ3n) is 9.56. The summed E-state index contributed by atoms with van der Waals surface area (Å²) in [4.78, 5) is 11.1. The van der Waals surface area contributed by atoms with Crippen molar-refractivity contribution in [2.24, 2.45) is 40.4 Å². The number of alkyl halides is 2. The number of carbonyl (C=O) groups is 1. The van der Waals surface area contributed by atoms with Gasteiger partial charge in [-0.15, -0.1) is 0 Å². The van der Waals surface area contributed by atoms with Crippen LogP contribution in [0.1, 0.15) is 78.1 Å². The molecular formula is C22H34F2O3. The molecule has 0 aromatic carbocycles. The van der Waals surface area contributed by atoms with Crippen molar-refractivity contribution < 1.29 is 23.8 Å². The van der Waals surface area contributed by atoms with Crippen LogP contribution in [-0.2, 0) is 4.79 Å². The van der Waals surface area contributed by atoms with Crippen LogP contribution in [-0.4, -0.2) is 28.2 Å². The highest BCUT2D eigenvalue weighted by atomic mass is 19.3. The molecule has 0 radical (unpaired) electrons. The van der Waals surface area contributed by atoms with Crippen LogP contribution in [0.25, 0.3) is 0 Å². The molecule has 4 rings (SSSR count). The number of hydrogen-bond donors (Lipinski definition) is 2. The van der Waals surface area contributed by atoms with E-state index in [9.17, 15) is 9.90 Å². The van der Waals surface area contributed by atoms with Gasteiger partial charge in [0.15, 0.2) is 6.10 Å². The molecule has 4 aliphatic rings. The van der Waals surface area contributed by atoms with Gasteiger partial charge in [0.25, 0.3) is 5.92 Å². The molecule has 0 heterocycles. The van der Waals surface area contributed by atoms with Gasteiger partial charge in [-0.05, 0) is 79.4 Å². The van der Waals surface area contributed by atoms with E-state index < -0.39 is 23.9 Å². The van der Waals surface area contributed by atoms with Gasteiger partial charge >= 0.3 is 5.97 Å². The van der Waals surface area contributed by atoms with Gasteiger partial charge in [-0.3, -0.25) is 0 Å². The van der Waals surface area contributed by atoms with E-state index in [1.807, 2.05) is 0 Å². The topological polar surface area (TPSA) is 57.5 Å². The molecule has 0 aromatic rings. The molecule has 4 saturated carbocycles. The van der Waals surface area contributed by atoms with E-state index in [-0.39, 0.29) is 47.3 Å². The Labute approximate surface area is 160 Å². The Morgan fingerprint density at radius 3 is 2.44 bits per heavy atom. The van der Waals surface area contributed by atoms with Crippen LogP contribution in [0.5, 0.6) is 0 Å². The molecule has 3 nitrogen and oxygen atoms in total. The molecule has 4 fully saturated rings. The number of carboxylic acid groups (broad SMARTS) is 1. The summed E-state index contributed by atoms with van der Waals surface area (Å²) in [5.41, 5.74) is -0.219. The molecule has 0 aromatic heterocycles. The van der Waals surface area contributed by atoms with Crippen LogP contribution in [0, 0.1) is 40.4 Å². The summed E-state index contributed by atoms with van der Waals surface area (Å²) in [5.74, 6) is -4.15. The second-order valence-corrected chi connectivity index (χ2v) is 10.6. The van der Waals surface area contributed by atoms with E-state index in [1.54, 1.807) is 0 Å². The number of carboxylic acids is 1. The molecular weight excluding hydrogens is 350 g/mol. The van der Waals surface area contributed by atoms with Crippen LogP contribution in [0.2, 0.25) is 0 Å². The summed E-state index contributed by atoms with van der Waals surface area (Å²) in [6, 6.07) is 0. The van der Waals surface area contributed by atoms with Crippen molar-refractivity contribution in [2.75, 3.05) is 0 Å². The minimum atomic E-state index is -2.61. The van der Waals surface area contributed by atoms with Crippen molar-refractivity contribution >= 4 is 5.97 Å². The molecule has 4 aliphatic carbocycles. The molecule has 0 amide bonds. The lowest BCUT2D eigenvalue weighted by Crippen LogP contribution is -2.60. The maximum absolute atomic E-state index is 15.5. The molecule has 2 N–H and O–H groups in total. The standard InChI is InChI=1S/C22H34F2O3/c1-20-9-4-3-5-14(20)12-22(23,24)18-15-7-6-13(11-17(25)19(26)27)21(15,2)10-8-16(18)20/h13-18,25H,3-12H2,1-2H3,(H,26,27). The molecule has 0 bridgehead atoms. The molecule has 154 valence electrons. The molecule has 8 atom stereocenters. The highest BCUT2D eigenvalue weighted by Gasteiger charge is 2.67. The third kappa shape index (κ3) is 2.86. The van der Waals surface area contributed by atoms with E-state index in [2.05, 4.69) is 13.8 Å². The molecule has 5 heteroatoms. The minimum Gasteiger partial charge on any atom is -0.479 e. The summed E-state index contributed by atoms with van der Waals surface area (Å²) in [6.45, 7) is 4.39. The predicted molar refractivity (Wildman–Crippen MR) is 98.4 cm³/mol. The Bertz CT molecular complexity index is 608. The fourth-order valence-corrected chi connectivity index (χ4v) is 8.05. The fourth-order valence-electron chi connectivity index (χ4n) is 8.05. The van der Waals surface area contributed by atoms with E-state index in [0.717, 1.165) is 51.4 Å². The zero-order valence-electron chi connectivity index (χ0n) is 16.6. The first-order chi connectivity index (χ1) is 12.6. The first kappa shape index (κ1) is 19.6. The maximum Gasteiger partial charge on any atom is 0.332 e. The third-order valence-corrected chi connectivity index (χ3v) is 9.56. The lowest BCUT2D eigenvalue weighted by atomic mass is 9.44. The Morgan fingerprint density at radius 1 is 1.04 bits per heavy atom. The fraction of sp³-hybridized carbons (Fsp3) is 0.955. The number of halogens is 2. The highest BCUT2D eigenvalue weighted by Crippen LogP contribution is 2.70. The summed E-state index contributed by atoms with van der Waals surface area (Å²) in [7, 11) is 0. The maximum atomic E-state index is 15.5. The Balaban J connectivity index is 1.63. The average molecular weight is 385 g/mol. The van der Waals surface area contributed by atoms with Crippen molar-refractivity contribution in [1.29, 1.82) is 0 Å². The smallest absolute Gasteiger partial charge is 0.332 e.